The first-order valence-corrected chi connectivity index (χ1v) is 15.2. The molecular weight excluding hydrogens is 567 g/mol. The van der Waals surface area contributed by atoms with E-state index in [1.54, 1.807) is 7.11 Å². The van der Waals surface area contributed by atoms with Crippen molar-refractivity contribution < 1.29 is 22.7 Å². The fourth-order valence-electron chi connectivity index (χ4n) is 6.44. The number of carbonyl (C=O) groups excluding carboxylic acids is 1. The average Bonchev–Trinajstić information content (AvgIpc) is 3.37. The highest BCUT2D eigenvalue weighted by atomic mass is 19.4. The molecular formula is C34H38F3N5O2. The summed E-state index contributed by atoms with van der Waals surface area (Å²) in [6.45, 7) is 8.00. The molecule has 0 bridgehead atoms. The molecule has 2 aliphatic heterocycles. The molecule has 2 aliphatic rings. The monoisotopic (exact) mass is 605 g/mol. The molecule has 0 aliphatic carbocycles. The fourth-order valence-corrected chi connectivity index (χ4v) is 6.44. The van der Waals surface area contributed by atoms with Gasteiger partial charge in [-0.2, -0.15) is 13.2 Å². The third-order valence-corrected chi connectivity index (χ3v) is 9.12. The van der Waals surface area contributed by atoms with Gasteiger partial charge in [-0.1, -0.05) is 24.3 Å². The molecule has 4 heterocycles. The van der Waals surface area contributed by atoms with Gasteiger partial charge in [0.25, 0.3) is 5.91 Å². The van der Waals surface area contributed by atoms with Gasteiger partial charge >= 0.3 is 6.18 Å². The maximum atomic E-state index is 13.5. The fraction of sp³-hybridized carbons (Fsp3) is 0.412. The summed E-state index contributed by atoms with van der Waals surface area (Å²) in [6, 6.07) is 15.9. The number of rotatable bonds is 7. The summed E-state index contributed by atoms with van der Waals surface area (Å²) in [5.41, 5.74) is 5.29. The number of H-pyrrole nitrogens is 1. The van der Waals surface area contributed by atoms with Crippen molar-refractivity contribution in [2.45, 2.75) is 44.9 Å². The standard InChI is InChI=1S/C34H38F3N5O2/c1-23-29-19-27(26-11-13-40(14-12-26)22-25-5-10-31(44-2)38-20-25)6-9-30(29)39-32(23)33(43)42-17-15-41(16-18-42)21-24-3-7-28(8-4-24)34(35,36)37/h3-10,19-20,26,39H,11-18,21-22H2,1-2H3. The number of nitrogens with one attached hydrogen (secondary N) is 1. The molecule has 44 heavy (non-hydrogen) atoms. The quantitative estimate of drug-likeness (QED) is 0.270. The van der Waals surface area contributed by atoms with Gasteiger partial charge in [-0.25, -0.2) is 4.98 Å². The Morgan fingerprint density at radius 1 is 0.909 bits per heavy atom. The summed E-state index contributed by atoms with van der Waals surface area (Å²) in [7, 11) is 1.62. The topological polar surface area (TPSA) is 64.7 Å². The summed E-state index contributed by atoms with van der Waals surface area (Å²) in [4.78, 5) is 27.8. The number of fused-ring (bicyclic) bond motifs is 1. The normalized spacial score (nSPS) is 17.3. The van der Waals surface area contributed by atoms with Crippen molar-refractivity contribution in [3.63, 3.8) is 0 Å². The molecule has 0 saturated carbocycles. The number of benzene rings is 2. The van der Waals surface area contributed by atoms with E-state index >= 15 is 0 Å². The third-order valence-electron chi connectivity index (χ3n) is 9.12. The molecule has 0 spiro atoms. The smallest absolute Gasteiger partial charge is 0.416 e. The number of piperazine rings is 1. The van der Waals surface area contributed by atoms with Crippen molar-refractivity contribution in [3.05, 3.63) is 94.3 Å². The minimum atomic E-state index is -4.33. The van der Waals surface area contributed by atoms with Gasteiger partial charge in [0.1, 0.15) is 5.69 Å². The number of amides is 1. The van der Waals surface area contributed by atoms with Gasteiger partial charge < -0.3 is 14.6 Å². The minimum absolute atomic E-state index is 0.00393. The van der Waals surface area contributed by atoms with Crippen LogP contribution in [0.1, 0.15) is 57.1 Å². The average molecular weight is 606 g/mol. The summed E-state index contributed by atoms with van der Waals surface area (Å²) in [5.74, 6) is 1.11. The molecule has 7 nitrogen and oxygen atoms in total. The summed E-state index contributed by atoms with van der Waals surface area (Å²) in [6.07, 6.45) is -0.278. The molecule has 2 aromatic heterocycles. The second-order valence-electron chi connectivity index (χ2n) is 12.0. The van der Waals surface area contributed by atoms with E-state index in [-0.39, 0.29) is 5.91 Å². The van der Waals surface area contributed by atoms with Crippen LogP contribution in [0.3, 0.4) is 0 Å². The number of alkyl halides is 3. The van der Waals surface area contributed by atoms with Crippen LogP contribution in [0.25, 0.3) is 10.9 Å². The highest BCUT2D eigenvalue weighted by Crippen LogP contribution is 2.33. The Morgan fingerprint density at radius 2 is 1.57 bits per heavy atom. The van der Waals surface area contributed by atoms with Gasteiger partial charge in [-0.05, 0) is 85.3 Å². The second-order valence-corrected chi connectivity index (χ2v) is 12.0. The number of likely N-dealkylation sites (tertiary alicyclic amines) is 1. The SMILES string of the molecule is COc1ccc(CN2CCC(c3ccc4[nH]c(C(=O)N5CCN(Cc6ccc(C(F)(F)F)cc6)CC5)c(C)c4c3)CC2)cn1. The number of pyridine rings is 1. The third kappa shape index (κ3) is 6.61. The Hall–Kier alpha value is -3.89. The van der Waals surface area contributed by atoms with E-state index in [2.05, 4.69) is 44.0 Å². The summed E-state index contributed by atoms with van der Waals surface area (Å²) < 4.78 is 43.8. The van der Waals surface area contributed by atoms with Gasteiger partial charge in [0.2, 0.25) is 5.88 Å². The molecule has 0 atom stereocenters. The second kappa shape index (κ2) is 12.6. The van der Waals surface area contributed by atoms with Gasteiger partial charge in [0.15, 0.2) is 0 Å². The van der Waals surface area contributed by atoms with E-state index in [1.807, 2.05) is 24.1 Å². The molecule has 0 radical (unpaired) electrons. The van der Waals surface area contributed by atoms with Gasteiger partial charge in [0.05, 0.1) is 12.7 Å². The maximum absolute atomic E-state index is 13.5. The maximum Gasteiger partial charge on any atom is 0.416 e. The number of hydrogen-bond acceptors (Lipinski definition) is 5. The number of halogens is 3. The van der Waals surface area contributed by atoms with Gasteiger partial charge in [-0.3, -0.25) is 14.6 Å². The lowest BCUT2D eigenvalue weighted by atomic mass is 9.88. The lowest BCUT2D eigenvalue weighted by Gasteiger charge is -2.34. The first-order chi connectivity index (χ1) is 21.2. The van der Waals surface area contributed by atoms with Crippen molar-refractivity contribution in [3.8, 4) is 5.88 Å². The van der Waals surface area contributed by atoms with E-state index in [0.717, 1.165) is 66.6 Å². The molecule has 232 valence electrons. The zero-order valence-corrected chi connectivity index (χ0v) is 25.2. The molecule has 10 heteroatoms. The number of nitrogens with zero attached hydrogens (tertiary/aromatic N) is 4. The summed E-state index contributed by atoms with van der Waals surface area (Å²) >= 11 is 0. The number of methoxy groups -OCH3 is 1. The molecule has 2 saturated heterocycles. The zero-order valence-electron chi connectivity index (χ0n) is 25.2. The van der Waals surface area contributed by atoms with Crippen molar-refractivity contribution in [2.75, 3.05) is 46.4 Å². The minimum Gasteiger partial charge on any atom is -0.481 e. The number of carbonyl (C=O) groups is 1. The van der Waals surface area contributed by atoms with Gasteiger partial charge in [-0.15, -0.1) is 0 Å². The molecule has 4 aromatic rings. The van der Waals surface area contributed by atoms with Crippen LogP contribution in [0.15, 0.2) is 60.8 Å². The highest BCUT2D eigenvalue weighted by Gasteiger charge is 2.30. The zero-order chi connectivity index (χ0) is 30.8. The number of aromatic nitrogens is 2. The molecule has 1 amide bonds. The Kier molecular flexibility index (Phi) is 8.64. The lowest BCUT2D eigenvalue weighted by Crippen LogP contribution is -2.48. The van der Waals surface area contributed by atoms with Crippen molar-refractivity contribution in [1.82, 2.24) is 24.7 Å². The Labute approximate surface area is 255 Å². The molecule has 0 unspecified atom stereocenters. The Morgan fingerprint density at radius 3 is 2.20 bits per heavy atom. The summed E-state index contributed by atoms with van der Waals surface area (Å²) in [5, 5.41) is 1.10. The Bertz CT molecular complexity index is 1580. The van der Waals surface area contributed by atoms with Crippen molar-refractivity contribution in [2.24, 2.45) is 0 Å². The number of ether oxygens (including phenoxy) is 1. The first-order valence-electron chi connectivity index (χ1n) is 15.2. The number of piperidine rings is 1. The Balaban J connectivity index is 1.04. The molecule has 6 rings (SSSR count). The van der Waals surface area contributed by atoms with Crippen LogP contribution >= 0.6 is 0 Å². The van der Waals surface area contributed by atoms with Crippen molar-refractivity contribution in [1.29, 1.82) is 0 Å². The number of aromatic amines is 1. The van der Waals surface area contributed by atoms with Crippen LogP contribution in [-0.4, -0.2) is 77.0 Å². The van der Waals surface area contributed by atoms with E-state index < -0.39 is 11.7 Å². The lowest BCUT2D eigenvalue weighted by molar-refractivity contribution is -0.137. The highest BCUT2D eigenvalue weighted by molar-refractivity contribution is 6.01. The van der Waals surface area contributed by atoms with E-state index in [4.69, 9.17) is 4.74 Å². The molecule has 2 fully saturated rings. The predicted octanol–water partition coefficient (Wildman–Crippen LogP) is 6.24. The van der Waals surface area contributed by atoms with Crippen molar-refractivity contribution >= 4 is 16.8 Å². The van der Waals surface area contributed by atoms with Crippen LogP contribution in [-0.2, 0) is 19.3 Å². The van der Waals surface area contributed by atoms with E-state index in [0.29, 0.717) is 50.2 Å². The molecule has 1 N–H and O–H groups in total. The molecule has 2 aromatic carbocycles. The van der Waals surface area contributed by atoms with Crippen LogP contribution in [0.5, 0.6) is 5.88 Å². The van der Waals surface area contributed by atoms with Crippen LogP contribution in [0.2, 0.25) is 0 Å². The van der Waals surface area contributed by atoms with Crippen LogP contribution in [0.4, 0.5) is 13.2 Å². The largest absolute Gasteiger partial charge is 0.481 e. The van der Waals surface area contributed by atoms with Gasteiger partial charge in [0, 0.05) is 62.4 Å². The number of hydrogen-bond donors (Lipinski definition) is 1. The van der Waals surface area contributed by atoms with E-state index in [9.17, 15) is 18.0 Å². The predicted molar refractivity (Wildman–Crippen MR) is 164 cm³/mol. The first kappa shape index (κ1) is 30.1. The van der Waals surface area contributed by atoms with Crippen LogP contribution in [0, 0.1) is 6.92 Å². The van der Waals surface area contributed by atoms with E-state index in [1.165, 1.54) is 23.3 Å². The number of aryl methyl sites for hydroxylation is 1. The van der Waals surface area contributed by atoms with Crippen LogP contribution < -0.4 is 4.74 Å².